The second kappa shape index (κ2) is 30.8. The van der Waals surface area contributed by atoms with E-state index in [0.717, 1.165) is 57.8 Å². The van der Waals surface area contributed by atoms with Crippen LogP contribution in [-0.2, 0) is 28.2 Å². The van der Waals surface area contributed by atoms with Crippen molar-refractivity contribution in [1.29, 1.82) is 0 Å². The molecule has 0 aromatic rings. The standard InChI is InChI=1S/C35H59O8P/c1-3-5-7-9-11-13-14-15-16-17-18-19-20-22-23-25-27-29-34(36)41-31-33(32-42-44(38,39)40)43-35(37)30-28-26-24-21-12-10-8-6-4-2/h5,7,11,13,15-16,18-19,22-23,33H,3-4,6,8-10,12,14,17,20-21,24-32H2,1-2H3,(H2,38,39,40)/b7-5-,13-11-,16-15-,19-18-,23-22-/t33-/m1/s1. The SMILES string of the molecule is CC/C=C\C/C=C\C/C=C\C/C=C\C/C=C\CCCC(=O)OC[C@H](COP(=O)(O)O)OC(=O)CCCCCCCCCCC. The molecule has 9 heteroatoms. The Morgan fingerprint density at radius 1 is 0.614 bits per heavy atom. The summed E-state index contributed by atoms with van der Waals surface area (Å²) in [5, 5.41) is 0. The molecule has 0 unspecified atom stereocenters. The maximum Gasteiger partial charge on any atom is 0.469 e. The molecule has 0 fully saturated rings. The molecule has 252 valence electrons. The van der Waals surface area contributed by atoms with Crippen molar-refractivity contribution in [3.8, 4) is 0 Å². The average Bonchev–Trinajstić information content (AvgIpc) is 2.98. The van der Waals surface area contributed by atoms with Crippen LogP contribution in [0.2, 0.25) is 0 Å². The maximum absolute atomic E-state index is 12.2. The van der Waals surface area contributed by atoms with Gasteiger partial charge in [-0.2, -0.15) is 0 Å². The Balaban J connectivity index is 4.13. The summed E-state index contributed by atoms with van der Waals surface area (Å²) in [7, 11) is -4.75. The molecular weight excluding hydrogens is 579 g/mol. The van der Waals surface area contributed by atoms with Crippen LogP contribution in [0.1, 0.15) is 129 Å². The summed E-state index contributed by atoms with van der Waals surface area (Å²) in [6, 6.07) is 0. The first-order valence-corrected chi connectivity index (χ1v) is 18.1. The van der Waals surface area contributed by atoms with Crippen molar-refractivity contribution in [2.75, 3.05) is 13.2 Å². The number of phosphoric acid groups is 1. The van der Waals surface area contributed by atoms with Crippen LogP contribution in [-0.4, -0.2) is 41.0 Å². The first-order chi connectivity index (χ1) is 21.3. The fraction of sp³-hybridized carbons (Fsp3) is 0.657. The highest BCUT2D eigenvalue weighted by molar-refractivity contribution is 7.46. The number of rotatable bonds is 29. The average molecular weight is 639 g/mol. The van der Waals surface area contributed by atoms with Gasteiger partial charge in [-0.25, -0.2) is 4.57 Å². The Labute approximate surface area is 267 Å². The van der Waals surface area contributed by atoms with E-state index in [0.29, 0.717) is 12.8 Å². The van der Waals surface area contributed by atoms with Gasteiger partial charge < -0.3 is 19.3 Å². The third-order valence-electron chi connectivity index (χ3n) is 6.55. The van der Waals surface area contributed by atoms with Crippen molar-refractivity contribution in [2.45, 2.75) is 136 Å². The summed E-state index contributed by atoms with van der Waals surface area (Å²) < 4.78 is 26.1. The smallest absolute Gasteiger partial charge is 0.462 e. The molecule has 0 saturated carbocycles. The lowest BCUT2D eigenvalue weighted by Crippen LogP contribution is -2.29. The molecule has 0 radical (unpaired) electrons. The normalized spacial score (nSPS) is 13.3. The van der Waals surface area contributed by atoms with E-state index >= 15 is 0 Å². The summed E-state index contributed by atoms with van der Waals surface area (Å²) in [5.41, 5.74) is 0. The second-order valence-corrected chi connectivity index (χ2v) is 12.0. The second-order valence-electron chi connectivity index (χ2n) is 10.8. The van der Waals surface area contributed by atoms with E-state index < -0.39 is 32.5 Å². The molecule has 8 nitrogen and oxygen atoms in total. The highest BCUT2D eigenvalue weighted by Crippen LogP contribution is 2.35. The van der Waals surface area contributed by atoms with Crippen molar-refractivity contribution in [2.24, 2.45) is 0 Å². The van der Waals surface area contributed by atoms with Crippen molar-refractivity contribution < 1.29 is 37.9 Å². The van der Waals surface area contributed by atoms with Gasteiger partial charge in [0.2, 0.25) is 0 Å². The Bertz CT molecular complexity index is 900. The summed E-state index contributed by atoms with van der Waals surface area (Å²) >= 11 is 0. The van der Waals surface area contributed by atoms with Crippen molar-refractivity contribution in [3.63, 3.8) is 0 Å². The summed E-state index contributed by atoms with van der Waals surface area (Å²) in [6.45, 7) is 3.46. The van der Waals surface area contributed by atoms with Gasteiger partial charge in [0.15, 0.2) is 6.10 Å². The topological polar surface area (TPSA) is 119 Å². The van der Waals surface area contributed by atoms with Crippen LogP contribution in [0.4, 0.5) is 0 Å². The van der Waals surface area contributed by atoms with E-state index in [1.54, 1.807) is 0 Å². The molecule has 0 amide bonds. The first kappa shape index (κ1) is 41.8. The molecule has 0 aromatic carbocycles. The van der Waals surface area contributed by atoms with E-state index in [4.69, 9.17) is 19.3 Å². The molecule has 0 aliphatic heterocycles. The van der Waals surface area contributed by atoms with Crippen molar-refractivity contribution >= 4 is 19.8 Å². The Kier molecular flexibility index (Phi) is 29.2. The number of unbranched alkanes of at least 4 members (excludes halogenated alkanes) is 9. The molecule has 2 N–H and O–H groups in total. The van der Waals surface area contributed by atoms with Crippen LogP contribution < -0.4 is 0 Å². The highest BCUT2D eigenvalue weighted by atomic mass is 31.2. The van der Waals surface area contributed by atoms with Gasteiger partial charge in [-0.15, -0.1) is 0 Å². The van der Waals surface area contributed by atoms with Gasteiger partial charge in [0.05, 0.1) is 6.61 Å². The fourth-order valence-corrected chi connectivity index (χ4v) is 4.47. The van der Waals surface area contributed by atoms with Gasteiger partial charge in [0.1, 0.15) is 6.61 Å². The lowest BCUT2D eigenvalue weighted by atomic mass is 10.1. The number of carbonyl (C=O) groups excluding carboxylic acids is 2. The lowest BCUT2D eigenvalue weighted by Gasteiger charge is -2.18. The molecule has 0 aromatic heterocycles. The number of hydrogen-bond acceptors (Lipinski definition) is 6. The largest absolute Gasteiger partial charge is 0.469 e. The number of carbonyl (C=O) groups is 2. The zero-order chi connectivity index (χ0) is 32.6. The van der Waals surface area contributed by atoms with E-state index in [-0.39, 0.29) is 19.4 Å². The first-order valence-electron chi connectivity index (χ1n) is 16.6. The molecule has 0 bridgehead atoms. The van der Waals surface area contributed by atoms with Crippen LogP contribution in [0, 0.1) is 0 Å². The number of hydrogen-bond donors (Lipinski definition) is 2. The van der Waals surface area contributed by atoms with E-state index in [9.17, 15) is 14.2 Å². The summed E-state index contributed by atoms with van der Waals surface area (Å²) in [5.74, 6) is -0.963. The van der Waals surface area contributed by atoms with Gasteiger partial charge in [-0.1, -0.05) is 126 Å². The summed E-state index contributed by atoms with van der Waals surface area (Å²) in [4.78, 5) is 42.4. The minimum absolute atomic E-state index is 0.187. The van der Waals surface area contributed by atoms with Crippen LogP contribution in [0.5, 0.6) is 0 Å². The molecule has 1 atom stereocenters. The third-order valence-corrected chi connectivity index (χ3v) is 7.04. The van der Waals surface area contributed by atoms with Crippen molar-refractivity contribution in [1.82, 2.24) is 0 Å². The Morgan fingerprint density at radius 2 is 1.09 bits per heavy atom. The van der Waals surface area contributed by atoms with Crippen LogP contribution >= 0.6 is 7.82 Å². The number of phosphoric ester groups is 1. The Hall–Kier alpha value is -2.25. The fourth-order valence-electron chi connectivity index (χ4n) is 4.11. The predicted octanol–water partition coefficient (Wildman–Crippen LogP) is 9.39. The van der Waals surface area contributed by atoms with E-state index in [2.05, 4.69) is 73.1 Å². The lowest BCUT2D eigenvalue weighted by molar-refractivity contribution is -0.161. The summed E-state index contributed by atoms with van der Waals surface area (Å²) in [6.07, 6.45) is 36.7. The number of esters is 2. The van der Waals surface area contributed by atoms with Crippen LogP contribution in [0.15, 0.2) is 60.8 Å². The molecule has 44 heavy (non-hydrogen) atoms. The molecule has 0 aliphatic carbocycles. The van der Waals surface area contributed by atoms with Gasteiger partial charge in [0.25, 0.3) is 0 Å². The third kappa shape index (κ3) is 32.7. The highest BCUT2D eigenvalue weighted by Gasteiger charge is 2.22. The van der Waals surface area contributed by atoms with Gasteiger partial charge in [-0.3, -0.25) is 14.1 Å². The zero-order valence-corrected chi connectivity index (χ0v) is 28.2. The molecule has 0 aliphatic rings. The molecular formula is C35H59O8P. The predicted molar refractivity (Wildman–Crippen MR) is 179 cm³/mol. The van der Waals surface area contributed by atoms with Crippen LogP contribution in [0.25, 0.3) is 0 Å². The monoisotopic (exact) mass is 638 g/mol. The zero-order valence-electron chi connectivity index (χ0n) is 27.3. The van der Waals surface area contributed by atoms with Gasteiger partial charge in [-0.05, 0) is 51.4 Å². The molecule has 0 saturated heterocycles. The van der Waals surface area contributed by atoms with E-state index in [1.165, 1.54) is 32.1 Å². The molecule has 0 spiro atoms. The Morgan fingerprint density at radius 3 is 1.61 bits per heavy atom. The molecule has 0 rings (SSSR count). The van der Waals surface area contributed by atoms with Crippen molar-refractivity contribution in [3.05, 3.63) is 60.8 Å². The molecule has 0 heterocycles. The minimum atomic E-state index is -4.75. The number of allylic oxidation sites excluding steroid dienone is 10. The van der Waals surface area contributed by atoms with E-state index in [1.807, 2.05) is 6.08 Å². The van der Waals surface area contributed by atoms with Gasteiger partial charge >= 0.3 is 19.8 Å². The van der Waals surface area contributed by atoms with Gasteiger partial charge in [0, 0.05) is 12.8 Å². The van der Waals surface area contributed by atoms with Crippen LogP contribution in [0.3, 0.4) is 0 Å². The maximum atomic E-state index is 12.2. The minimum Gasteiger partial charge on any atom is -0.462 e. The number of ether oxygens (including phenoxy) is 2. The quantitative estimate of drug-likeness (QED) is 0.0360.